The zero-order chi connectivity index (χ0) is 23.6. The Morgan fingerprint density at radius 1 is 1.12 bits per heavy atom. The van der Waals surface area contributed by atoms with Gasteiger partial charge >= 0.3 is 5.69 Å². The molecule has 1 fully saturated rings. The number of aromatic nitrogens is 2. The average molecular weight is 479 g/mol. The van der Waals surface area contributed by atoms with E-state index in [0.29, 0.717) is 10.7 Å². The third-order valence-corrected chi connectivity index (χ3v) is 6.93. The number of hydrogen-bond donors (Lipinski definition) is 1. The molecule has 1 aromatic heterocycles. The van der Waals surface area contributed by atoms with E-state index < -0.39 is 17.1 Å². The molecule has 2 atom stereocenters. The van der Waals surface area contributed by atoms with Crippen LogP contribution in [0.3, 0.4) is 0 Å². The fraction of sp³-hybridized carbons (Fsp3) is 0.455. The molecule has 0 saturated carbocycles. The Hall–Kier alpha value is -2.52. The van der Waals surface area contributed by atoms with E-state index >= 15 is 0 Å². The van der Waals surface area contributed by atoms with Crippen LogP contribution in [0.2, 0.25) is 5.02 Å². The molecule has 3 rings (SSSR count). The second-order valence-corrected chi connectivity index (χ2v) is 9.42. The van der Waals surface area contributed by atoms with Gasteiger partial charge in [0.25, 0.3) is 5.56 Å². The first-order valence-electron chi connectivity index (χ1n) is 10.4. The Balaban J connectivity index is 2.02. The summed E-state index contributed by atoms with van der Waals surface area (Å²) in [4.78, 5) is 44.5. The molecular weight excluding hydrogens is 452 g/mol. The van der Waals surface area contributed by atoms with Gasteiger partial charge in [-0.05, 0) is 57.4 Å². The van der Waals surface area contributed by atoms with E-state index in [1.165, 1.54) is 14.1 Å². The maximum atomic E-state index is 13.0. The minimum Gasteiger partial charge on any atom is -0.494 e. The minimum atomic E-state index is -0.682. The summed E-state index contributed by atoms with van der Waals surface area (Å²) in [6.07, 6.45) is 2.99. The summed E-state index contributed by atoms with van der Waals surface area (Å²) in [5, 5.41) is 11.3. The summed E-state index contributed by atoms with van der Waals surface area (Å²) < 4.78 is 1.88. The van der Waals surface area contributed by atoms with Crippen molar-refractivity contribution in [1.82, 2.24) is 14.0 Å². The van der Waals surface area contributed by atoms with E-state index in [1.54, 1.807) is 24.3 Å². The number of aromatic hydroxyl groups is 1. The largest absolute Gasteiger partial charge is 0.494 e. The lowest BCUT2D eigenvalue weighted by Gasteiger charge is -2.39. The number of benzene rings is 1. The molecule has 0 aliphatic carbocycles. The number of halogens is 1. The van der Waals surface area contributed by atoms with Crippen molar-refractivity contribution in [1.29, 1.82) is 0 Å². The highest BCUT2D eigenvalue weighted by Crippen LogP contribution is 2.27. The highest BCUT2D eigenvalue weighted by Gasteiger charge is 2.30. The smallest absolute Gasteiger partial charge is 0.333 e. The Morgan fingerprint density at radius 2 is 1.72 bits per heavy atom. The van der Waals surface area contributed by atoms with Gasteiger partial charge in [0.15, 0.2) is 0 Å². The van der Waals surface area contributed by atoms with Gasteiger partial charge in [0, 0.05) is 31.2 Å². The summed E-state index contributed by atoms with van der Waals surface area (Å²) in [7, 11) is 2.70. The van der Waals surface area contributed by atoms with Gasteiger partial charge in [0.05, 0.1) is 11.4 Å². The number of hydrogen-bond acceptors (Lipinski definition) is 6. The van der Waals surface area contributed by atoms with Gasteiger partial charge in [0.2, 0.25) is 11.8 Å². The summed E-state index contributed by atoms with van der Waals surface area (Å²) in [5.74, 6) is -0.503. The number of carbonyl (C=O) groups is 1. The number of carbonyl (C=O) groups excluding carboxylic acids is 1. The Kier molecular flexibility index (Phi) is 7.51. The zero-order valence-corrected chi connectivity index (χ0v) is 20.1. The summed E-state index contributed by atoms with van der Waals surface area (Å²) in [5.41, 5.74) is -0.960. The van der Waals surface area contributed by atoms with Gasteiger partial charge in [-0.3, -0.25) is 18.7 Å². The third-order valence-electron chi connectivity index (χ3n) is 5.72. The molecule has 1 N–H and O–H groups in total. The summed E-state index contributed by atoms with van der Waals surface area (Å²) >= 11 is 7.02. The van der Waals surface area contributed by atoms with E-state index in [9.17, 15) is 19.5 Å². The second kappa shape index (κ2) is 9.95. The highest BCUT2D eigenvalue weighted by molar-refractivity contribution is 8.15. The number of likely N-dealkylation sites (tertiary alicyclic amines) is 1. The molecule has 0 unspecified atom stereocenters. The van der Waals surface area contributed by atoms with Crippen LogP contribution in [0.4, 0.5) is 5.69 Å². The van der Waals surface area contributed by atoms with Crippen LogP contribution >= 0.6 is 23.4 Å². The van der Waals surface area contributed by atoms with Crippen LogP contribution in [-0.4, -0.2) is 47.9 Å². The SMILES string of the molecule is C[C@H]1CCC[C@H](C)N1C(=O)CSC(=Nc1ccc(Cl)cc1)c1c(O)n(C)c(=O)n(C)c1=O. The van der Waals surface area contributed by atoms with Crippen molar-refractivity contribution in [3.8, 4) is 5.88 Å². The van der Waals surface area contributed by atoms with E-state index in [4.69, 9.17) is 11.6 Å². The number of piperidine rings is 1. The van der Waals surface area contributed by atoms with Crippen molar-refractivity contribution in [3.63, 3.8) is 0 Å². The standard InChI is InChI=1S/C22H27ClN4O4S/c1-13-6-5-7-14(2)27(13)17(28)12-32-19(24-16-10-8-15(23)9-11-16)18-20(29)25(3)22(31)26(4)21(18)30/h8-11,13-14,29H,5-7,12H2,1-4H3/t13-,14-/m0/s1. The van der Waals surface area contributed by atoms with Crippen LogP contribution in [0.5, 0.6) is 5.88 Å². The molecule has 0 radical (unpaired) electrons. The van der Waals surface area contributed by atoms with Crippen LogP contribution in [0, 0.1) is 0 Å². The topological polar surface area (TPSA) is 96.9 Å². The van der Waals surface area contributed by atoms with Crippen LogP contribution in [-0.2, 0) is 18.9 Å². The van der Waals surface area contributed by atoms with Crippen molar-refractivity contribution in [2.24, 2.45) is 19.1 Å². The van der Waals surface area contributed by atoms with Gasteiger partial charge in [-0.25, -0.2) is 9.79 Å². The predicted octanol–water partition coefficient (Wildman–Crippen LogP) is 3.04. The van der Waals surface area contributed by atoms with Crippen molar-refractivity contribution in [2.45, 2.75) is 45.2 Å². The van der Waals surface area contributed by atoms with Gasteiger partial charge < -0.3 is 10.0 Å². The molecule has 172 valence electrons. The highest BCUT2D eigenvalue weighted by atomic mass is 35.5. The number of rotatable bonds is 4. The second-order valence-electron chi connectivity index (χ2n) is 8.02. The Labute approximate surface area is 195 Å². The van der Waals surface area contributed by atoms with E-state index in [-0.39, 0.29) is 34.4 Å². The van der Waals surface area contributed by atoms with Crippen LogP contribution in [0.15, 0.2) is 38.8 Å². The van der Waals surface area contributed by atoms with Crippen molar-refractivity contribution >= 4 is 40.0 Å². The number of aliphatic imine (C=N–C) groups is 1. The van der Waals surface area contributed by atoms with E-state index in [1.807, 2.05) is 18.7 Å². The van der Waals surface area contributed by atoms with Crippen LogP contribution in [0.1, 0.15) is 38.7 Å². The molecule has 1 saturated heterocycles. The predicted molar refractivity (Wildman–Crippen MR) is 128 cm³/mol. The van der Waals surface area contributed by atoms with Gasteiger partial charge in [-0.15, -0.1) is 0 Å². The average Bonchev–Trinajstić information content (AvgIpc) is 2.76. The molecule has 32 heavy (non-hydrogen) atoms. The monoisotopic (exact) mass is 478 g/mol. The van der Waals surface area contributed by atoms with Gasteiger partial charge in [-0.1, -0.05) is 23.4 Å². The van der Waals surface area contributed by atoms with Gasteiger partial charge in [-0.2, -0.15) is 0 Å². The number of thioether (sulfide) groups is 1. The maximum Gasteiger partial charge on any atom is 0.333 e. The molecule has 10 heteroatoms. The lowest BCUT2D eigenvalue weighted by molar-refractivity contribution is -0.134. The van der Waals surface area contributed by atoms with Crippen molar-refractivity contribution < 1.29 is 9.90 Å². The lowest BCUT2D eigenvalue weighted by atomic mass is 9.98. The van der Waals surface area contributed by atoms with Crippen LogP contribution < -0.4 is 11.2 Å². The Morgan fingerprint density at radius 3 is 2.31 bits per heavy atom. The first kappa shape index (κ1) is 24.1. The third kappa shape index (κ3) is 4.94. The molecule has 2 aromatic rings. The molecule has 1 amide bonds. The number of amides is 1. The quantitative estimate of drug-likeness (QED) is 0.538. The lowest BCUT2D eigenvalue weighted by Crippen LogP contribution is -2.48. The first-order chi connectivity index (χ1) is 15.1. The van der Waals surface area contributed by atoms with Crippen molar-refractivity contribution in [2.75, 3.05) is 5.75 Å². The molecule has 1 aliphatic heterocycles. The van der Waals surface area contributed by atoms with E-state index in [2.05, 4.69) is 4.99 Å². The summed E-state index contributed by atoms with van der Waals surface area (Å²) in [6.45, 7) is 4.07. The number of nitrogens with zero attached hydrogens (tertiary/aromatic N) is 4. The molecule has 2 heterocycles. The fourth-order valence-corrected chi connectivity index (χ4v) is 4.96. The molecule has 0 spiro atoms. The molecule has 1 aliphatic rings. The maximum absolute atomic E-state index is 13.0. The van der Waals surface area contributed by atoms with E-state index in [0.717, 1.165) is 40.2 Å². The Bertz CT molecular complexity index is 1150. The molecular formula is C22H27ClN4O4S. The first-order valence-corrected chi connectivity index (χ1v) is 11.8. The minimum absolute atomic E-state index is 0.0482. The molecule has 0 bridgehead atoms. The molecule has 8 nitrogen and oxygen atoms in total. The van der Waals surface area contributed by atoms with Crippen molar-refractivity contribution in [3.05, 3.63) is 55.7 Å². The normalized spacial score (nSPS) is 19.3. The molecule has 1 aromatic carbocycles. The fourth-order valence-electron chi connectivity index (χ4n) is 3.93. The zero-order valence-electron chi connectivity index (χ0n) is 18.5. The van der Waals surface area contributed by atoms with Gasteiger partial charge in [0.1, 0.15) is 10.6 Å². The summed E-state index contributed by atoms with van der Waals surface area (Å²) in [6, 6.07) is 6.93. The van der Waals surface area contributed by atoms with Crippen LogP contribution in [0.25, 0.3) is 0 Å².